The molecule has 1 heterocycles. The maximum Gasteiger partial charge on any atom is 0.417 e. The molecule has 5 heteroatoms. The Morgan fingerprint density at radius 2 is 1.74 bits per heavy atom. The number of aryl methyl sites for hydroxylation is 2. The zero-order chi connectivity index (χ0) is 14.2. The number of halogens is 3. The van der Waals surface area contributed by atoms with Crippen LogP contribution in [-0.4, -0.2) is 5.78 Å². The molecule has 100 valence electrons. The van der Waals surface area contributed by atoms with E-state index in [2.05, 4.69) is 0 Å². The Morgan fingerprint density at radius 1 is 1.11 bits per heavy atom. The minimum atomic E-state index is -4.56. The van der Waals surface area contributed by atoms with E-state index >= 15 is 0 Å². The minimum Gasteiger partial charge on any atom is -0.466 e. The van der Waals surface area contributed by atoms with E-state index in [9.17, 15) is 18.0 Å². The summed E-state index contributed by atoms with van der Waals surface area (Å²) in [5, 5.41) is 0. The van der Waals surface area contributed by atoms with Crippen LogP contribution in [0, 0.1) is 13.8 Å². The van der Waals surface area contributed by atoms with Crippen LogP contribution in [-0.2, 0) is 6.18 Å². The monoisotopic (exact) mass is 268 g/mol. The molecule has 2 nitrogen and oxygen atoms in total. The Bertz CT molecular complexity index is 624. The predicted octanol–water partition coefficient (Wildman–Crippen LogP) is 4.15. The summed E-state index contributed by atoms with van der Waals surface area (Å²) < 4.78 is 43.7. The predicted molar refractivity (Wildman–Crippen MR) is 63.1 cm³/mol. The number of ketones is 1. The number of hydrogen-bond donors (Lipinski definition) is 0. The van der Waals surface area contributed by atoms with Gasteiger partial charge in [-0.2, -0.15) is 13.2 Å². The first-order valence-corrected chi connectivity index (χ1v) is 5.58. The van der Waals surface area contributed by atoms with Gasteiger partial charge in [0.05, 0.1) is 11.1 Å². The fraction of sp³-hybridized carbons (Fsp3) is 0.214. The van der Waals surface area contributed by atoms with Crippen LogP contribution < -0.4 is 0 Å². The van der Waals surface area contributed by atoms with E-state index in [1.165, 1.54) is 24.3 Å². The molecule has 0 aliphatic rings. The lowest BCUT2D eigenvalue weighted by atomic mass is 9.98. The lowest BCUT2D eigenvalue weighted by Gasteiger charge is -2.11. The molecule has 0 unspecified atom stereocenters. The van der Waals surface area contributed by atoms with E-state index in [1.807, 2.05) is 0 Å². The molecule has 0 fully saturated rings. The first-order valence-electron chi connectivity index (χ1n) is 5.58. The number of carbonyl (C=O) groups is 1. The normalized spacial score (nSPS) is 11.6. The van der Waals surface area contributed by atoms with Crippen LogP contribution >= 0.6 is 0 Å². The zero-order valence-corrected chi connectivity index (χ0v) is 10.3. The molecule has 0 atom stereocenters. The molecular formula is C14H11F3O2. The number of furan rings is 1. The average Bonchev–Trinajstić information content (AvgIpc) is 2.66. The Kier molecular flexibility index (Phi) is 3.22. The van der Waals surface area contributed by atoms with Crippen LogP contribution in [0.2, 0.25) is 0 Å². The van der Waals surface area contributed by atoms with E-state index < -0.39 is 17.5 Å². The van der Waals surface area contributed by atoms with Crippen LogP contribution in [0.3, 0.4) is 0 Å². The number of carbonyl (C=O) groups excluding carboxylic acids is 1. The van der Waals surface area contributed by atoms with E-state index in [0.717, 1.165) is 6.07 Å². The second-order valence-corrected chi connectivity index (χ2v) is 4.20. The molecule has 1 aromatic heterocycles. The third kappa shape index (κ3) is 2.54. The van der Waals surface area contributed by atoms with Gasteiger partial charge in [-0.25, -0.2) is 0 Å². The molecule has 0 radical (unpaired) electrons. The summed E-state index contributed by atoms with van der Waals surface area (Å²) in [5.41, 5.74) is -1.13. The van der Waals surface area contributed by atoms with Crippen LogP contribution in [0.25, 0.3) is 0 Å². The number of hydrogen-bond acceptors (Lipinski definition) is 2. The van der Waals surface area contributed by atoms with Gasteiger partial charge in [0.25, 0.3) is 0 Å². The molecule has 0 saturated carbocycles. The topological polar surface area (TPSA) is 30.2 Å². The van der Waals surface area contributed by atoms with Crippen molar-refractivity contribution < 1.29 is 22.4 Å². The van der Waals surface area contributed by atoms with Gasteiger partial charge >= 0.3 is 6.18 Å². The van der Waals surface area contributed by atoms with Gasteiger partial charge in [0.1, 0.15) is 11.5 Å². The van der Waals surface area contributed by atoms with E-state index in [-0.39, 0.29) is 11.1 Å². The Hall–Kier alpha value is -2.04. The first kappa shape index (κ1) is 13.4. The van der Waals surface area contributed by atoms with Gasteiger partial charge in [0.2, 0.25) is 0 Å². The summed E-state index contributed by atoms with van der Waals surface area (Å²) in [6, 6.07) is 6.19. The third-order valence-electron chi connectivity index (χ3n) is 2.76. The maximum absolute atomic E-state index is 12.9. The van der Waals surface area contributed by atoms with Crippen molar-refractivity contribution in [2.24, 2.45) is 0 Å². The first-order chi connectivity index (χ1) is 8.80. The number of benzene rings is 1. The van der Waals surface area contributed by atoms with Crippen molar-refractivity contribution in [2.45, 2.75) is 20.0 Å². The fourth-order valence-electron chi connectivity index (χ4n) is 1.93. The van der Waals surface area contributed by atoms with Crippen molar-refractivity contribution in [1.82, 2.24) is 0 Å². The summed E-state index contributed by atoms with van der Waals surface area (Å²) in [5.74, 6) is 0.132. The van der Waals surface area contributed by atoms with Gasteiger partial charge in [-0.05, 0) is 26.0 Å². The Labute approximate surface area is 107 Å². The van der Waals surface area contributed by atoms with Crippen molar-refractivity contribution in [1.29, 1.82) is 0 Å². The highest BCUT2D eigenvalue weighted by atomic mass is 19.4. The summed E-state index contributed by atoms with van der Waals surface area (Å²) in [7, 11) is 0. The van der Waals surface area contributed by atoms with E-state index in [4.69, 9.17) is 4.42 Å². The molecular weight excluding hydrogens is 257 g/mol. The molecule has 0 bridgehead atoms. The van der Waals surface area contributed by atoms with Gasteiger partial charge in [-0.1, -0.05) is 18.2 Å². The second-order valence-electron chi connectivity index (χ2n) is 4.20. The highest BCUT2D eigenvalue weighted by Gasteiger charge is 2.35. The Balaban J connectivity index is 2.54. The van der Waals surface area contributed by atoms with Crippen molar-refractivity contribution in [3.05, 3.63) is 58.5 Å². The number of alkyl halides is 3. The van der Waals surface area contributed by atoms with E-state index in [1.54, 1.807) is 13.8 Å². The van der Waals surface area contributed by atoms with Crippen LogP contribution in [0.4, 0.5) is 13.2 Å². The van der Waals surface area contributed by atoms with Gasteiger partial charge in [0, 0.05) is 5.56 Å². The van der Waals surface area contributed by atoms with Crippen molar-refractivity contribution >= 4 is 5.78 Å². The molecule has 0 amide bonds. The third-order valence-corrected chi connectivity index (χ3v) is 2.76. The highest BCUT2D eigenvalue weighted by molar-refractivity contribution is 6.10. The van der Waals surface area contributed by atoms with Crippen LogP contribution in [0.1, 0.15) is 33.0 Å². The van der Waals surface area contributed by atoms with Gasteiger partial charge < -0.3 is 4.42 Å². The zero-order valence-electron chi connectivity index (χ0n) is 10.3. The SMILES string of the molecule is Cc1cc(C(=O)c2ccccc2C(F)(F)F)c(C)o1. The molecule has 2 rings (SSSR count). The molecule has 0 spiro atoms. The molecule has 0 aliphatic heterocycles. The average molecular weight is 268 g/mol. The summed E-state index contributed by atoms with van der Waals surface area (Å²) in [6.45, 7) is 3.19. The lowest BCUT2D eigenvalue weighted by molar-refractivity contribution is -0.137. The van der Waals surface area contributed by atoms with Gasteiger partial charge in [-0.3, -0.25) is 4.79 Å². The van der Waals surface area contributed by atoms with Gasteiger partial charge in [-0.15, -0.1) is 0 Å². The fourth-order valence-corrected chi connectivity index (χ4v) is 1.93. The molecule has 2 aromatic rings. The standard InChI is InChI=1S/C14H11F3O2/c1-8-7-11(9(2)19-8)13(18)10-5-3-4-6-12(10)14(15,16)17/h3-7H,1-2H3. The van der Waals surface area contributed by atoms with Crippen molar-refractivity contribution in [3.63, 3.8) is 0 Å². The minimum absolute atomic E-state index is 0.161. The lowest BCUT2D eigenvalue weighted by Crippen LogP contribution is -2.13. The quantitative estimate of drug-likeness (QED) is 0.766. The largest absolute Gasteiger partial charge is 0.466 e. The smallest absolute Gasteiger partial charge is 0.417 e. The molecule has 0 saturated heterocycles. The van der Waals surface area contributed by atoms with E-state index in [0.29, 0.717) is 11.5 Å². The van der Waals surface area contributed by atoms with Crippen LogP contribution in [0.5, 0.6) is 0 Å². The van der Waals surface area contributed by atoms with Gasteiger partial charge in [0.15, 0.2) is 5.78 Å². The van der Waals surface area contributed by atoms with Crippen molar-refractivity contribution in [2.75, 3.05) is 0 Å². The van der Waals surface area contributed by atoms with Crippen molar-refractivity contribution in [3.8, 4) is 0 Å². The highest BCUT2D eigenvalue weighted by Crippen LogP contribution is 2.33. The molecule has 1 aromatic carbocycles. The molecule has 0 N–H and O–H groups in total. The second kappa shape index (κ2) is 4.57. The summed E-state index contributed by atoms with van der Waals surface area (Å²) in [6.07, 6.45) is -4.56. The maximum atomic E-state index is 12.9. The van der Waals surface area contributed by atoms with Crippen LogP contribution in [0.15, 0.2) is 34.7 Å². The molecule has 0 aliphatic carbocycles. The molecule has 19 heavy (non-hydrogen) atoms. The summed E-state index contributed by atoms with van der Waals surface area (Å²) in [4.78, 5) is 12.2. The summed E-state index contributed by atoms with van der Waals surface area (Å²) >= 11 is 0. The number of rotatable bonds is 2. The Morgan fingerprint density at radius 3 is 2.26 bits per heavy atom.